The number of hydrogen-bond donors (Lipinski definition) is 0. The van der Waals surface area contributed by atoms with E-state index in [4.69, 9.17) is 5.10 Å². The predicted octanol–water partition coefficient (Wildman–Crippen LogP) is 5.43. The molecular weight excluding hydrogens is 383 g/mol. The van der Waals surface area contributed by atoms with E-state index >= 15 is 0 Å². The van der Waals surface area contributed by atoms with Crippen molar-refractivity contribution < 1.29 is 0 Å². The number of unbranched alkanes of at least 4 members (excludes halogenated alkanes) is 2. The van der Waals surface area contributed by atoms with Gasteiger partial charge in [0.25, 0.3) is 0 Å². The summed E-state index contributed by atoms with van der Waals surface area (Å²) in [5.41, 5.74) is 2.17. The number of hydrazone groups is 1. The molecule has 26 heavy (non-hydrogen) atoms. The normalized spacial score (nSPS) is 10.9. The summed E-state index contributed by atoms with van der Waals surface area (Å²) in [5, 5.41) is 8.04. The number of nitrogens with zero attached hydrogens (tertiary/aromatic N) is 2. The molecule has 2 nitrogen and oxygen atoms in total. The second-order valence-corrected chi connectivity index (χ2v) is 8.39. The Bertz CT molecular complexity index is 734. The molecule has 0 fully saturated rings. The summed E-state index contributed by atoms with van der Waals surface area (Å²) in [7, 11) is 0. The summed E-state index contributed by atoms with van der Waals surface area (Å²) in [6, 6.07) is 31.4. The molecule has 0 N–H and O–H groups in total. The first-order valence-electron chi connectivity index (χ1n) is 9.04. The summed E-state index contributed by atoms with van der Waals surface area (Å²) >= 11 is 0.596. The van der Waals surface area contributed by atoms with Crippen molar-refractivity contribution >= 4 is 37.0 Å². The Hall–Kier alpha value is -2.35. The Morgan fingerprint density at radius 2 is 1.23 bits per heavy atom. The van der Waals surface area contributed by atoms with Crippen molar-refractivity contribution in [3.8, 4) is 0 Å². The molecular formula is C23H24N2Se. The van der Waals surface area contributed by atoms with E-state index in [1.807, 2.05) is 41.4 Å². The zero-order valence-electron chi connectivity index (χ0n) is 14.9. The van der Waals surface area contributed by atoms with Gasteiger partial charge >= 0.3 is 163 Å². The van der Waals surface area contributed by atoms with Crippen LogP contribution in [0.15, 0.2) is 96.1 Å². The Balaban J connectivity index is 1.49. The topological polar surface area (TPSA) is 15.6 Å². The summed E-state index contributed by atoms with van der Waals surface area (Å²) in [6.45, 7) is 0. The van der Waals surface area contributed by atoms with Crippen LogP contribution in [0.25, 0.3) is 0 Å². The van der Waals surface area contributed by atoms with Crippen LogP contribution in [0.2, 0.25) is 5.32 Å². The molecule has 0 aliphatic carbocycles. The van der Waals surface area contributed by atoms with E-state index < -0.39 is 0 Å². The molecule has 0 aliphatic heterocycles. The maximum absolute atomic E-state index is 4.73. The molecule has 0 aliphatic rings. The van der Waals surface area contributed by atoms with Gasteiger partial charge in [0.1, 0.15) is 0 Å². The van der Waals surface area contributed by atoms with Crippen molar-refractivity contribution in [3.05, 3.63) is 91.0 Å². The predicted molar refractivity (Wildman–Crippen MR) is 114 cm³/mol. The van der Waals surface area contributed by atoms with E-state index in [0.29, 0.717) is 15.0 Å². The summed E-state index contributed by atoms with van der Waals surface area (Å²) < 4.78 is 1.49. The fraction of sp³-hybridized carbons (Fsp3) is 0.174. The second kappa shape index (κ2) is 10.6. The van der Waals surface area contributed by atoms with Crippen LogP contribution in [0, 0.1) is 0 Å². The third-order valence-electron chi connectivity index (χ3n) is 3.94. The van der Waals surface area contributed by atoms with Gasteiger partial charge in [-0.2, -0.15) is 0 Å². The second-order valence-electron chi connectivity index (χ2n) is 5.94. The minimum atomic E-state index is 0.596. The first-order valence-corrected chi connectivity index (χ1v) is 11.1. The van der Waals surface area contributed by atoms with Gasteiger partial charge in [-0.1, -0.05) is 0 Å². The van der Waals surface area contributed by atoms with Crippen LogP contribution in [-0.4, -0.2) is 21.2 Å². The van der Waals surface area contributed by atoms with Gasteiger partial charge in [0.2, 0.25) is 0 Å². The van der Waals surface area contributed by atoms with Crippen molar-refractivity contribution in [2.24, 2.45) is 5.10 Å². The number of para-hydroxylation sites is 2. The molecule has 0 unspecified atom stereocenters. The van der Waals surface area contributed by atoms with E-state index in [9.17, 15) is 0 Å². The Morgan fingerprint density at radius 3 is 1.81 bits per heavy atom. The van der Waals surface area contributed by atoms with Crippen LogP contribution in [0.3, 0.4) is 0 Å². The van der Waals surface area contributed by atoms with Gasteiger partial charge in [-0.25, -0.2) is 0 Å². The third-order valence-corrected chi connectivity index (χ3v) is 6.24. The number of anilines is 2. The Labute approximate surface area is 162 Å². The van der Waals surface area contributed by atoms with Crippen LogP contribution < -0.4 is 9.47 Å². The van der Waals surface area contributed by atoms with Gasteiger partial charge in [0, 0.05) is 0 Å². The molecule has 132 valence electrons. The molecule has 0 atom stereocenters. The number of hydrogen-bond acceptors (Lipinski definition) is 2. The third kappa shape index (κ3) is 5.87. The quantitative estimate of drug-likeness (QED) is 0.200. The van der Waals surface area contributed by atoms with Crippen molar-refractivity contribution in [3.63, 3.8) is 0 Å². The van der Waals surface area contributed by atoms with Gasteiger partial charge in [0.15, 0.2) is 0 Å². The van der Waals surface area contributed by atoms with E-state index in [0.717, 1.165) is 17.8 Å². The summed E-state index contributed by atoms with van der Waals surface area (Å²) in [6.07, 6.45) is 5.52. The first kappa shape index (κ1) is 18.4. The fourth-order valence-electron chi connectivity index (χ4n) is 2.60. The molecule has 0 aromatic heterocycles. The van der Waals surface area contributed by atoms with Crippen molar-refractivity contribution in [1.82, 2.24) is 0 Å². The Kier molecular flexibility index (Phi) is 7.52. The van der Waals surface area contributed by atoms with Gasteiger partial charge in [-0.3, -0.25) is 0 Å². The Morgan fingerprint density at radius 1 is 0.692 bits per heavy atom. The van der Waals surface area contributed by atoms with Crippen LogP contribution in [-0.2, 0) is 0 Å². The molecule has 0 saturated heterocycles. The van der Waals surface area contributed by atoms with Gasteiger partial charge in [0.05, 0.1) is 0 Å². The first-order chi connectivity index (χ1) is 12.9. The summed E-state index contributed by atoms with van der Waals surface area (Å²) in [4.78, 5) is 0. The van der Waals surface area contributed by atoms with Crippen LogP contribution >= 0.6 is 0 Å². The zero-order chi connectivity index (χ0) is 17.9. The average Bonchev–Trinajstić information content (AvgIpc) is 2.72. The van der Waals surface area contributed by atoms with Gasteiger partial charge in [-0.15, -0.1) is 0 Å². The standard InChI is InChI=1S/C23H24N2Se/c1-5-13-21(14-6-1)25(22-15-7-2-8-16-22)24-19-11-4-12-20-26-23-17-9-3-10-18-23/h1-3,5-10,13-19H,4,11-12,20H2/b24-19+. The maximum atomic E-state index is 4.73. The van der Waals surface area contributed by atoms with Crippen molar-refractivity contribution in [2.75, 3.05) is 5.01 Å². The molecule has 0 amide bonds. The SMILES string of the molecule is C(/CCCC[Se]c1ccccc1)=N\N(c1ccccc1)c1ccccc1. The van der Waals surface area contributed by atoms with Crippen LogP contribution in [0.1, 0.15) is 19.3 Å². The fourth-order valence-corrected chi connectivity index (χ4v) is 4.56. The van der Waals surface area contributed by atoms with E-state index in [-0.39, 0.29) is 0 Å². The molecule has 3 aromatic carbocycles. The van der Waals surface area contributed by atoms with Crippen molar-refractivity contribution in [2.45, 2.75) is 24.6 Å². The summed E-state index contributed by atoms with van der Waals surface area (Å²) in [5.74, 6) is 0. The number of rotatable bonds is 9. The molecule has 3 heteroatoms. The molecule has 0 saturated carbocycles. The molecule has 0 spiro atoms. The average molecular weight is 407 g/mol. The van der Waals surface area contributed by atoms with Gasteiger partial charge in [-0.05, 0) is 0 Å². The zero-order valence-corrected chi connectivity index (χ0v) is 16.6. The van der Waals surface area contributed by atoms with E-state index in [1.54, 1.807) is 0 Å². The molecule has 0 radical (unpaired) electrons. The van der Waals surface area contributed by atoms with Crippen LogP contribution in [0.4, 0.5) is 11.4 Å². The van der Waals surface area contributed by atoms with Gasteiger partial charge < -0.3 is 0 Å². The van der Waals surface area contributed by atoms with E-state index in [1.165, 1.54) is 22.6 Å². The minimum absolute atomic E-state index is 0.596. The molecule has 3 rings (SSSR count). The van der Waals surface area contributed by atoms with E-state index in [2.05, 4.69) is 60.8 Å². The molecule has 0 heterocycles. The van der Waals surface area contributed by atoms with Crippen molar-refractivity contribution in [1.29, 1.82) is 0 Å². The number of benzene rings is 3. The monoisotopic (exact) mass is 408 g/mol. The van der Waals surface area contributed by atoms with Crippen LogP contribution in [0.5, 0.6) is 0 Å². The molecule has 0 bridgehead atoms. The molecule has 3 aromatic rings.